The molecule has 0 N–H and O–H groups in total. The molecular formula is C23H27N3O2S. The molecule has 0 aliphatic carbocycles. The number of imidazole rings is 1. The highest BCUT2D eigenvalue weighted by atomic mass is 32.2. The third-order valence-corrected chi connectivity index (χ3v) is 6.07. The summed E-state index contributed by atoms with van der Waals surface area (Å²) in [7, 11) is 3.48. The highest BCUT2D eigenvalue weighted by molar-refractivity contribution is 7.99. The first-order chi connectivity index (χ1) is 13.9. The van der Waals surface area contributed by atoms with Crippen molar-refractivity contribution in [3.05, 3.63) is 71.5 Å². The average molecular weight is 410 g/mol. The van der Waals surface area contributed by atoms with Gasteiger partial charge in [-0.25, -0.2) is 4.98 Å². The van der Waals surface area contributed by atoms with E-state index >= 15 is 0 Å². The van der Waals surface area contributed by atoms with E-state index in [0.717, 1.165) is 22.2 Å². The number of aryl methyl sites for hydroxylation is 2. The Hall–Kier alpha value is -2.73. The van der Waals surface area contributed by atoms with Crippen LogP contribution in [0, 0.1) is 13.8 Å². The molecule has 1 amide bonds. The average Bonchev–Trinajstić information content (AvgIpc) is 3.20. The number of benzene rings is 2. The molecule has 0 fully saturated rings. The topological polar surface area (TPSA) is 47.4 Å². The van der Waals surface area contributed by atoms with Crippen molar-refractivity contribution in [2.45, 2.75) is 32.0 Å². The lowest BCUT2D eigenvalue weighted by Crippen LogP contribution is -2.31. The molecule has 1 heterocycles. The molecule has 3 rings (SSSR count). The number of thioether (sulfide) groups is 1. The Morgan fingerprint density at radius 1 is 1.24 bits per heavy atom. The van der Waals surface area contributed by atoms with Gasteiger partial charge < -0.3 is 9.64 Å². The lowest BCUT2D eigenvalue weighted by atomic mass is 10.1. The van der Waals surface area contributed by atoms with Crippen LogP contribution < -0.4 is 4.74 Å². The molecule has 29 heavy (non-hydrogen) atoms. The molecule has 1 unspecified atom stereocenters. The Kier molecular flexibility index (Phi) is 6.64. The van der Waals surface area contributed by atoms with E-state index in [2.05, 4.69) is 37.0 Å². The van der Waals surface area contributed by atoms with Crippen molar-refractivity contribution in [1.82, 2.24) is 14.5 Å². The first-order valence-corrected chi connectivity index (χ1v) is 10.5. The van der Waals surface area contributed by atoms with E-state index in [1.807, 2.05) is 49.0 Å². The lowest BCUT2D eigenvalue weighted by Gasteiger charge is -2.26. The fourth-order valence-electron chi connectivity index (χ4n) is 3.22. The molecular weight excluding hydrogens is 382 g/mol. The Bertz CT molecular complexity index is 999. The van der Waals surface area contributed by atoms with Crippen LogP contribution in [0.1, 0.15) is 29.7 Å². The lowest BCUT2D eigenvalue weighted by molar-refractivity contribution is -0.128. The minimum absolute atomic E-state index is 0.0453. The number of amides is 1. The van der Waals surface area contributed by atoms with Gasteiger partial charge in [0.1, 0.15) is 5.75 Å². The molecule has 3 aromatic rings. The highest BCUT2D eigenvalue weighted by Crippen LogP contribution is 2.29. The van der Waals surface area contributed by atoms with E-state index in [1.54, 1.807) is 18.2 Å². The zero-order chi connectivity index (χ0) is 21.0. The number of carbonyl (C=O) groups is 1. The fourth-order valence-corrected chi connectivity index (χ4v) is 4.11. The van der Waals surface area contributed by atoms with Crippen molar-refractivity contribution in [2.24, 2.45) is 0 Å². The van der Waals surface area contributed by atoms with Gasteiger partial charge in [0, 0.05) is 25.0 Å². The van der Waals surface area contributed by atoms with Gasteiger partial charge in [-0.3, -0.25) is 9.36 Å². The first-order valence-electron chi connectivity index (χ1n) is 9.54. The summed E-state index contributed by atoms with van der Waals surface area (Å²) in [6.07, 6.45) is 3.71. The van der Waals surface area contributed by atoms with E-state index in [4.69, 9.17) is 4.74 Å². The van der Waals surface area contributed by atoms with Gasteiger partial charge in [0.2, 0.25) is 5.91 Å². The van der Waals surface area contributed by atoms with Crippen LogP contribution in [0.25, 0.3) is 5.69 Å². The largest absolute Gasteiger partial charge is 0.496 e. The molecule has 0 aliphatic heterocycles. The third-order valence-electron chi connectivity index (χ3n) is 5.12. The van der Waals surface area contributed by atoms with Crippen LogP contribution in [-0.4, -0.2) is 40.3 Å². The van der Waals surface area contributed by atoms with Crippen LogP contribution in [0.5, 0.6) is 5.75 Å². The quantitative estimate of drug-likeness (QED) is 0.526. The molecule has 0 spiro atoms. The monoisotopic (exact) mass is 409 g/mol. The van der Waals surface area contributed by atoms with Crippen LogP contribution in [0.3, 0.4) is 0 Å². The van der Waals surface area contributed by atoms with Gasteiger partial charge in [0.05, 0.1) is 24.6 Å². The highest BCUT2D eigenvalue weighted by Gasteiger charge is 2.21. The Morgan fingerprint density at radius 3 is 2.76 bits per heavy atom. The van der Waals surface area contributed by atoms with Gasteiger partial charge in [0.15, 0.2) is 5.16 Å². The van der Waals surface area contributed by atoms with Crippen LogP contribution in [0.2, 0.25) is 0 Å². The maximum Gasteiger partial charge on any atom is 0.233 e. The second-order valence-electron chi connectivity index (χ2n) is 7.08. The van der Waals surface area contributed by atoms with Gasteiger partial charge in [-0.2, -0.15) is 0 Å². The van der Waals surface area contributed by atoms with Gasteiger partial charge >= 0.3 is 0 Å². The maximum absolute atomic E-state index is 12.8. The molecule has 152 valence electrons. The van der Waals surface area contributed by atoms with Gasteiger partial charge in [0.25, 0.3) is 0 Å². The van der Waals surface area contributed by atoms with Crippen molar-refractivity contribution >= 4 is 17.7 Å². The van der Waals surface area contributed by atoms with Crippen LogP contribution in [-0.2, 0) is 4.79 Å². The molecule has 0 aliphatic rings. The third kappa shape index (κ3) is 4.65. The Labute approximate surface area is 176 Å². The van der Waals surface area contributed by atoms with E-state index in [-0.39, 0.29) is 11.9 Å². The van der Waals surface area contributed by atoms with E-state index < -0.39 is 0 Å². The fraction of sp³-hybridized carbons (Fsp3) is 0.304. The number of para-hydroxylation sites is 1. The molecule has 5 nitrogen and oxygen atoms in total. The van der Waals surface area contributed by atoms with Crippen LogP contribution in [0.4, 0.5) is 0 Å². The summed E-state index contributed by atoms with van der Waals surface area (Å²) in [6, 6.07) is 14.1. The number of rotatable bonds is 7. The Morgan fingerprint density at radius 2 is 2.00 bits per heavy atom. The zero-order valence-electron chi connectivity index (χ0n) is 17.5. The van der Waals surface area contributed by atoms with Gasteiger partial charge in [-0.15, -0.1) is 0 Å². The summed E-state index contributed by atoms with van der Waals surface area (Å²) >= 11 is 1.45. The normalized spacial score (nSPS) is 11.9. The van der Waals surface area contributed by atoms with Gasteiger partial charge in [-0.1, -0.05) is 42.1 Å². The predicted octanol–water partition coefficient (Wildman–Crippen LogP) is 4.81. The summed E-state index contributed by atoms with van der Waals surface area (Å²) in [5, 5.41) is 0.811. The molecule has 0 bridgehead atoms. The van der Waals surface area contributed by atoms with Crippen molar-refractivity contribution < 1.29 is 9.53 Å². The van der Waals surface area contributed by atoms with Crippen molar-refractivity contribution in [2.75, 3.05) is 19.9 Å². The second kappa shape index (κ2) is 9.18. The standard InChI is InChI=1S/C23H27N3O2S/c1-16-10-11-17(2)20(14-16)26-13-12-24-23(26)29-15-22(27)25(4)18(3)19-8-6-7-9-21(19)28-5/h6-14,18H,15H2,1-5H3. The van der Waals surface area contributed by atoms with E-state index in [1.165, 1.54) is 22.9 Å². The molecule has 0 saturated heterocycles. The second-order valence-corrected chi connectivity index (χ2v) is 8.02. The predicted molar refractivity (Wildman–Crippen MR) is 118 cm³/mol. The SMILES string of the molecule is COc1ccccc1C(C)N(C)C(=O)CSc1nccn1-c1cc(C)ccc1C. The zero-order valence-corrected chi connectivity index (χ0v) is 18.4. The summed E-state index contributed by atoms with van der Waals surface area (Å²) in [5.41, 5.74) is 4.45. The maximum atomic E-state index is 12.8. The number of hydrogen-bond donors (Lipinski definition) is 0. The summed E-state index contributed by atoms with van der Waals surface area (Å²) in [5.74, 6) is 1.15. The number of hydrogen-bond acceptors (Lipinski definition) is 4. The van der Waals surface area contributed by atoms with Crippen molar-refractivity contribution in [3.63, 3.8) is 0 Å². The van der Waals surface area contributed by atoms with Crippen LogP contribution >= 0.6 is 11.8 Å². The molecule has 0 radical (unpaired) electrons. The van der Waals surface area contributed by atoms with E-state index in [9.17, 15) is 4.79 Å². The van der Waals surface area contributed by atoms with Crippen molar-refractivity contribution in [3.8, 4) is 11.4 Å². The minimum atomic E-state index is -0.0852. The number of aromatic nitrogens is 2. The molecule has 0 saturated carbocycles. The number of ether oxygens (including phenoxy) is 1. The van der Waals surface area contributed by atoms with E-state index in [0.29, 0.717) is 5.75 Å². The number of carbonyl (C=O) groups excluding carboxylic acids is 1. The summed E-state index contributed by atoms with van der Waals surface area (Å²) < 4.78 is 7.49. The minimum Gasteiger partial charge on any atom is -0.496 e. The smallest absolute Gasteiger partial charge is 0.233 e. The molecule has 2 aromatic carbocycles. The summed E-state index contributed by atoms with van der Waals surface area (Å²) in [6.45, 7) is 6.17. The first kappa shape index (κ1) is 21.0. The Balaban J connectivity index is 1.72. The molecule has 6 heteroatoms. The van der Waals surface area contributed by atoms with Crippen molar-refractivity contribution in [1.29, 1.82) is 0 Å². The number of nitrogens with zero attached hydrogens (tertiary/aromatic N) is 3. The van der Waals surface area contributed by atoms with Gasteiger partial charge in [-0.05, 0) is 44.0 Å². The molecule has 1 aromatic heterocycles. The van der Waals surface area contributed by atoms with Crippen LogP contribution in [0.15, 0.2) is 60.0 Å². The number of methoxy groups -OCH3 is 1. The summed E-state index contributed by atoms with van der Waals surface area (Å²) in [4.78, 5) is 19.1. The molecule has 1 atom stereocenters.